The maximum Gasteiger partial charge on any atom is 0.253 e. The Kier molecular flexibility index (Phi) is 6.30. The molecule has 2 aromatic heterocycles. The fraction of sp³-hybridized carbons (Fsp3) is 0.357. The Labute approximate surface area is 209 Å². The highest BCUT2D eigenvalue weighted by atomic mass is 19.1. The number of nitrogens with zero attached hydrogens (tertiary/aromatic N) is 5. The van der Waals surface area contributed by atoms with Crippen LogP contribution in [0.3, 0.4) is 0 Å². The molecule has 3 heterocycles. The highest BCUT2D eigenvalue weighted by Crippen LogP contribution is 2.33. The minimum Gasteiger partial charge on any atom is -0.322 e. The molecule has 0 aliphatic carbocycles. The molecule has 36 heavy (non-hydrogen) atoms. The first kappa shape index (κ1) is 24.1. The van der Waals surface area contributed by atoms with Gasteiger partial charge in [-0.25, -0.2) is 9.07 Å². The Bertz CT molecular complexity index is 1480. The normalized spacial score (nSPS) is 15.8. The highest BCUT2D eigenvalue weighted by molar-refractivity contribution is 5.79. The van der Waals surface area contributed by atoms with E-state index in [4.69, 9.17) is 0 Å². The molecule has 2 aromatic carbocycles. The van der Waals surface area contributed by atoms with Crippen LogP contribution in [0.4, 0.5) is 4.39 Å². The second-order valence-electron chi connectivity index (χ2n) is 10.1. The maximum absolute atomic E-state index is 13.5. The van der Waals surface area contributed by atoms with Crippen LogP contribution in [-0.2, 0) is 5.54 Å². The number of benzene rings is 2. The van der Waals surface area contributed by atoms with Crippen molar-refractivity contribution in [2.45, 2.75) is 52.1 Å². The molecule has 0 bridgehead atoms. The Balaban J connectivity index is 1.60. The van der Waals surface area contributed by atoms with Gasteiger partial charge < -0.3 is 4.98 Å². The minimum absolute atomic E-state index is 0.143. The molecule has 5 rings (SSSR count). The summed E-state index contributed by atoms with van der Waals surface area (Å²) in [5.74, 6) is 0.408. The Hall–Kier alpha value is -3.65. The monoisotopic (exact) mass is 486 g/mol. The van der Waals surface area contributed by atoms with Gasteiger partial charge in [0.1, 0.15) is 11.9 Å². The third-order valence-electron chi connectivity index (χ3n) is 7.32. The molecule has 0 unspecified atom stereocenters. The molecule has 1 aliphatic rings. The lowest BCUT2D eigenvalue weighted by molar-refractivity contribution is 0.211. The van der Waals surface area contributed by atoms with Crippen LogP contribution in [0.5, 0.6) is 0 Å². The lowest BCUT2D eigenvalue weighted by atomic mass is 9.95. The molecule has 7 nitrogen and oxygen atoms in total. The molecule has 186 valence electrons. The van der Waals surface area contributed by atoms with Crippen molar-refractivity contribution in [2.75, 3.05) is 13.1 Å². The largest absolute Gasteiger partial charge is 0.322 e. The number of pyridine rings is 1. The molecular weight excluding hydrogens is 455 g/mol. The van der Waals surface area contributed by atoms with E-state index < -0.39 is 6.04 Å². The van der Waals surface area contributed by atoms with Gasteiger partial charge in [0.2, 0.25) is 0 Å². The molecular formula is C28H31FN6O. The van der Waals surface area contributed by atoms with Crippen LogP contribution in [0.2, 0.25) is 0 Å². The first-order valence-electron chi connectivity index (χ1n) is 12.4. The predicted octanol–water partition coefficient (Wildman–Crippen LogP) is 4.99. The number of aryl methyl sites for hydroxylation is 1. The van der Waals surface area contributed by atoms with Gasteiger partial charge in [-0.3, -0.25) is 9.69 Å². The predicted molar refractivity (Wildman–Crippen MR) is 139 cm³/mol. The van der Waals surface area contributed by atoms with Crippen molar-refractivity contribution in [2.24, 2.45) is 0 Å². The number of H-pyrrole nitrogens is 1. The number of aromatic nitrogens is 5. The number of fused-ring (bicyclic) bond motifs is 1. The van der Waals surface area contributed by atoms with Gasteiger partial charge in [-0.05, 0) is 90.4 Å². The topological polar surface area (TPSA) is 79.7 Å². The third-order valence-corrected chi connectivity index (χ3v) is 7.32. The molecule has 0 fully saturated rings. The minimum atomic E-state index is -0.425. The van der Waals surface area contributed by atoms with Crippen LogP contribution in [0.25, 0.3) is 16.5 Å². The van der Waals surface area contributed by atoms with Crippen LogP contribution in [0.1, 0.15) is 62.2 Å². The van der Waals surface area contributed by atoms with E-state index in [1.807, 2.05) is 48.0 Å². The van der Waals surface area contributed by atoms with Crippen molar-refractivity contribution in [3.63, 3.8) is 0 Å². The van der Waals surface area contributed by atoms with Gasteiger partial charge in [0.25, 0.3) is 5.56 Å². The first-order valence-corrected chi connectivity index (χ1v) is 12.4. The summed E-state index contributed by atoms with van der Waals surface area (Å²) in [6.45, 7) is 9.62. The molecule has 1 N–H and O–H groups in total. The van der Waals surface area contributed by atoms with Gasteiger partial charge in [-0.2, -0.15) is 0 Å². The zero-order valence-electron chi connectivity index (χ0n) is 21.1. The van der Waals surface area contributed by atoms with Crippen LogP contribution in [0, 0.1) is 12.7 Å². The number of hydrogen-bond acceptors (Lipinski definition) is 5. The maximum atomic E-state index is 13.5. The third kappa shape index (κ3) is 4.48. The van der Waals surface area contributed by atoms with Crippen LogP contribution >= 0.6 is 0 Å². The second-order valence-corrected chi connectivity index (χ2v) is 10.1. The summed E-state index contributed by atoms with van der Waals surface area (Å²) in [5, 5.41) is 13.8. The zero-order chi connectivity index (χ0) is 25.4. The van der Waals surface area contributed by atoms with Crippen molar-refractivity contribution < 1.29 is 4.39 Å². The number of halogens is 1. The van der Waals surface area contributed by atoms with E-state index in [1.54, 1.807) is 0 Å². The molecule has 8 heteroatoms. The van der Waals surface area contributed by atoms with Gasteiger partial charge in [0, 0.05) is 24.2 Å². The fourth-order valence-corrected chi connectivity index (χ4v) is 4.82. The molecule has 0 radical (unpaired) electrons. The van der Waals surface area contributed by atoms with E-state index in [1.165, 1.54) is 17.7 Å². The van der Waals surface area contributed by atoms with E-state index in [0.717, 1.165) is 34.9 Å². The summed E-state index contributed by atoms with van der Waals surface area (Å²) in [4.78, 5) is 18.8. The Morgan fingerprint density at radius 3 is 2.61 bits per heavy atom. The first-order chi connectivity index (χ1) is 17.3. The lowest BCUT2D eigenvalue weighted by Gasteiger charge is -2.35. The molecule has 0 amide bonds. The summed E-state index contributed by atoms with van der Waals surface area (Å²) >= 11 is 0. The number of nitrogens with one attached hydrogen (secondary N) is 1. The van der Waals surface area contributed by atoms with Crippen molar-refractivity contribution in [1.29, 1.82) is 0 Å². The van der Waals surface area contributed by atoms with Gasteiger partial charge in [0.15, 0.2) is 5.82 Å². The van der Waals surface area contributed by atoms with Crippen LogP contribution in [0.15, 0.2) is 59.4 Å². The fourth-order valence-electron chi connectivity index (χ4n) is 4.82. The van der Waals surface area contributed by atoms with E-state index in [0.29, 0.717) is 24.5 Å². The average Bonchev–Trinajstić information content (AvgIpc) is 3.36. The van der Waals surface area contributed by atoms with Crippen LogP contribution < -0.4 is 5.56 Å². The highest BCUT2D eigenvalue weighted by Gasteiger charge is 2.34. The van der Waals surface area contributed by atoms with Crippen molar-refractivity contribution >= 4 is 16.5 Å². The second kappa shape index (κ2) is 9.43. The molecule has 1 atom stereocenters. The Morgan fingerprint density at radius 1 is 1.14 bits per heavy atom. The summed E-state index contributed by atoms with van der Waals surface area (Å²) in [6.07, 6.45) is 3.76. The SMILES string of the molecule is CCC(C)(C)n1nnnc1[C@H](c1cc2ccc(C)cc2[nH]c1=O)N1CC=C(c2ccc(F)cc2)CC1. The van der Waals surface area contributed by atoms with Crippen molar-refractivity contribution in [3.05, 3.63) is 93.3 Å². The lowest BCUT2D eigenvalue weighted by Crippen LogP contribution is -2.40. The van der Waals surface area contributed by atoms with E-state index >= 15 is 0 Å². The summed E-state index contributed by atoms with van der Waals surface area (Å²) in [6, 6.07) is 14.2. The number of aromatic amines is 1. The van der Waals surface area contributed by atoms with Gasteiger partial charge >= 0.3 is 0 Å². The number of tetrazole rings is 1. The zero-order valence-corrected chi connectivity index (χ0v) is 21.1. The number of rotatable bonds is 6. The smallest absolute Gasteiger partial charge is 0.253 e. The molecule has 0 saturated heterocycles. The van der Waals surface area contributed by atoms with E-state index in [9.17, 15) is 9.18 Å². The van der Waals surface area contributed by atoms with E-state index in [-0.39, 0.29) is 16.9 Å². The van der Waals surface area contributed by atoms with Gasteiger partial charge in [-0.1, -0.05) is 37.3 Å². The standard InChI is InChI=1S/C28H31FN6O/c1-5-28(3,4)35-26(31-32-33-35)25(23-17-21-7-6-18(2)16-24(21)30-27(23)36)34-14-12-20(13-15-34)19-8-10-22(29)11-9-19/h6-12,16-17,25H,5,13-15H2,1-4H3,(H,30,36)/t25-/m0/s1. The molecule has 4 aromatic rings. The van der Waals surface area contributed by atoms with E-state index in [2.05, 4.69) is 52.3 Å². The van der Waals surface area contributed by atoms with Crippen molar-refractivity contribution in [3.8, 4) is 0 Å². The van der Waals surface area contributed by atoms with Crippen molar-refractivity contribution in [1.82, 2.24) is 30.1 Å². The summed E-state index contributed by atoms with van der Waals surface area (Å²) in [5.41, 5.74) is 4.25. The molecule has 0 spiro atoms. The molecule has 0 saturated carbocycles. The van der Waals surface area contributed by atoms with Gasteiger partial charge in [-0.15, -0.1) is 5.10 Å². The summed E-state index contributed by atoms with van der Waals surface area (Å²) in [7, 11) is 0. The average molecular weight is 487 g/mol. The molecule has 1 aliphatic heterocycles. The summed E-state index contributed by atoms with van der Waals surface area (Å²) < 4.78 is 15.3. The van der Waals surface area contributed by atoms with Gasteiger partial charge in [0.05, 0.1) is 5.54 Å². The quantitative estimate of drug-likeness (QED) is 0.416. The Morgan fingerprint density at radius 2 is 1.92 bits per heavy atom. The number of hydrogen-bond donors (Lipinski definition) is 1. The van der Waals surface area contributed by atoms with Crippen LogP contribution in [-0.4, -0.2) is 43.2 Å².